The molecule has 1 unspecified atom stereocenters. The van der Waals surface area contributed by atoms with Crippen molar-refractivity contribution in [2.75, 3.05) is 0 Å². The Morgan fingerprint density at radius 2 is 1.60 bits per heavy atom. The zero-order chi connectivity index (χ0) is 26.0. The van der Waals surface area contributed by atoms with E-state index in [1.165, 1.54) is 31.2 Å². The Morgan fingerprint density at radius 3 is 2.14 bits per heavy atom. The summed E-state index contributed by atoms with van der Waals surface area (Å²) >= 11 is 0. The molecule has 0 saturated heterocycles. The zero-order valence-electron chi connectivity index (χ0n) is 19.1. The largest absolute Gasteiger partial charge is 0.481 e. The standard InChI is InChI=1S/C25H27N3O7/c1-15(23(31)28-20(24(32)33)4-2-3-5-21(29)30)14-16-6-8-18(9-7-16)25(34)35-19-12-10-17(11-13-19)22(26)27/h6-14,20H,2-5H2,1H3,(H3,26,27)(H,28,31)(H,29,30)(H,32,33). The fourth-order valence-corrected chi connectivity index (χ4v) is 3.05. The normalized spacial score (nSPS) is 11.9. The van der Waals surface area contributed by atoms with Gasteiger partial charge in [-0.05, 0) is 67.8 Å². The van der Waals surface area contributed by atoms with E-state index >= 15 is 0 Å². The number of hydrogen-bond acceptors (Lipinski definition) is 6. The number of carboxylic acid groups (broad SMARTS) is 2. The first-order chi connectivity index (χ1) is 16.6. The summed E-state index contributed by atoms with van der Waals surface area (Å²) in [5, 5.41) is 27.8. The predicted octanol–water partition coefficient (Wildman–Crippen LogP) is 2.81. The second-order valence-electron chi connectivity index (χ2n) is 7.78. The van der Waals surface area contributed by atoms with Gasteiger partial charge in [0.15, 0.2) is 0 Å². The van der Waals surface area contributed by atoms with Gasteiger partial charge in [-0.1, -0.05) is 18.6 Å². The minimum atomic E-state index is -1.19. The third kappa shape index (κ3) is 8.77. The number of benzene rings is 2. The summed E-state index contributed by atoms with van der Waals surface area (Å²) in [6.45, 7) is 1.53. The molecule has 2 aromatic carbocycles. The molecule has 6 N–H and O–H groups in total. The van der Waals surface area contributed by atoms with Crippen molar-refractivity contribution in [1.82, 2.24) is 5.32 Å². The number of unbranched alkanes of at least 4 members (excludes halogenated alkanes) is 1. The Bertz CT molecular complexity index is 1120. The van der Waals surface area contributed by atoms with E-state index in [0.29, 0.717) is 29.7 Å². The number of amides is 1. The molecule has 0 aliphatic heterocycles. The average molecular weight is 482 g/mol. The summed E-state index contributed by atoms with van der Waals surface area (Å²) in [6, 6.07) is 11.4. The number of carboxylic acids is 2. The van der Waals surface area contributed by atoms with Gasteiger partial charge in [0, 0.05) is 17.6 Å². The quantitative estimate of drug-likeness (QED) is 0.0766. The molecule has 10 heteroatoms. The van der Waals surface area contributed by atoms with E-state index in [-0.39, 0.29) is 29.8 Å². The molecule has 0 spiro atoms. The van der Waals surface area contributed by atoms with Gasteiger partial charge in [-0.2, -0.15) is 0 Å². The van der Waals surface area contributed by atoms with E-state index in [9.17, 15) is 24.3 Å². The highest BCUT2D eigenvalue weighted by Gasteiger charge is 2.20. The monoisotopic (exact) mass is 481 g/mol. The van der Waals surface area contributed by atoms with Crippen LogP contribution in [0.25, 0.3) is 6.08 Å². The Balaban J connectivity index is 1.96. The van der Waals surface area contributed by atoms with E-state index in [1.54, 1.807) is 30.3 Å². The van der Waals surface area contributed by atoms with Crippen LogP contribution in [0.3, 0.4) is 0 Å². The molecule has 0 bridgehead atoms. The Hall–Kier alpha value is -4.47. The van der Waals surface area contributed by atoms with Gasteiger partial charge in [-0.25, -0.2) is 9.59 Å². The molecular formula is C25H27N3O7. The van der Waals surface area contributed by atoms with E-state index in [1.807, 2.05) is 0 Å². The Morgan fingerprint density at radius 1 is 1.00 bits per heavy atom. The maximum atomic E-state index is 12.4. The molecular weight excluding hydrogens is 454 g/mol. The van der Waals surface area contributed by atoms with Crippen LogP contribution < -0.4 is 15.8 Å². The molecule has 1 amide bonds. The van der Waals surface area contributed by atoms with E-state index in [4.69, 9.17) is 21.0 Å². The Labute approximate surface area is 201 Å². The summed E-state index contributed by atoms with van der Waals surface area (Å²) in [5.74, 6) is -3.09. The maximum Gasteiger partial charge on any atom is 0.343 e. The van der Waals surface area contributed by atoms with E-state index in [2.05, 4.69) is 5.32 Å². The van der Waals surface area contributed by atoms with Crippen molar-refractivity contribution in [3.8, 4) is 5.75 Å². The van der Waals surface area contributed by atoms with Crippen LogP contribution in [-0.4, -0.2) is 45.9 Å². The number of nitrogens with one attached hydrogen (secondary N) is 2. The number of amidine groups is 1. The molecule has 0 heterocycles. The number of carbonyl (C=O) groups excluding carboxylic acids is 2. The van der Waals surface area contributed by atoms with Crippen LogP contribution >= 0.6 is 0 Å². The summed E-state index contributed by atoms with van der Waals surface area (Å²) in [4.78, 5) is 46.7. The van der Waals surface area contributed by atoms with Gasteiger partial charge in [-0.15, -0.1) is 0 Å². The second kappa shape index (κ2) is 12.7. The molecule has 0 aliphatic carbocycles. The van der Waals surface area contributed by atoms with Crippen LogP contribution in [0.4, 0.5) is 0 Å². The van der Waals surface area contributed by atoms with Crippen LogP contribution in [-0.2, 0) is 14.4 Å². The lowest BCUT2D eigenvalue weighted by atomic mass is 10.1. The van der Waals surface area contributed by atoms with Crippen LogP contribution in [0.2, 0.25) is 0 Å². The molecule has 2 aromatic rings. The van der Waals surface area contributed by atoms with Crippen molar-refractivity contribution in [1.29, 1.82) is 5.41 Å². The minimum absolute atomic E-state index is 0.0606. The smallest absolute Gasteiger partial charge is 0.343 e. The number of esters is 1. The number of ether oxygens (including phenoxy) is 1. The number of nitrogen functional groups attached to an aromatic ring is 1. The van der Waals surface area contributed by atoms with Crippen LogP contribution in [0, 0.1) is 5.41 Å². The molecule has 0 aliphatic rings. The summed E-state index contributed by atoms with van der Waals surface area (Å²) in [7, 11) is 0. The fraction of sp³-hybridized carbons (Fsp3) is 0.240. The summed E-state index contributed by atoms with van der Waals surface area (Å²) in [5.41, 5.74) is 7.07. The topological polar surface area (TPSA) is 180 Å². The van der Waals surface area contributed by atoms with Crippen molar-refractivity contribution >= 4 is 35.7 Å². The number of nitrogens with two attached hydrogens (primary N) is 1. The molecule has 1 atom stereocenters. The van der Waals surface area contributed by atoms with E-state index < -0.39 is 29.9 Å². The first kappa shape index (κ1) is 26.8. The average Bonchev–Trinajstić information content (AvgIpc) is 2.81. The number of hydrogen-bond donors (Lipinski definition) is 5. The SMILES string of the molecule is CC(=Cc1ccc(C(=O)Oc2ccc(C(=N)N)cc2)cc1)C(=O)NC(CCCCC(=O)O)C(=O)O. The van der Waals surface area contributed by atoms with Crippen molar-refractivity contribution in [2.24, 2.45) is 5.73 Å². The van der Waals surface area contributed by atoms with Crippen molar-refractivity contribution < 1.29 is 34.1 Å². The number of aliphatic carboxylic acids is 2. The molecule has 0 saturated carbocycles. The molecule has 10 nitrogen and oxygen atoms in total. The van der Waals surface area contributed by atoms with Crippen molar-refractivity contribution in [2.45, 2.75) is 38.6 Å². The highest BCUT2D eigenvalue weighted by Crippen LogP contribution is 2.16. The van der Waals surface area contributed by atoms with Gasteiger partial charge in [0.05, 0.1) is 5.56 Å². The molecule has 0 aromatic heterocycles. The molecule has 2 rings (SSSR count). The van der Waals surface area contributed by atoms with Gasteiger partial charge < -0.3 is 26.0 Å². The number of rotatable bonds is 12. The lowest BCUT2D eigenvalue weighted by molar-refractivity contribution is -0.141. The second-order valence-corrected chi connectivity index (χ2v) is 7.78. The van der Waals surface area contributed by atoms with Crippen molar-refractivity contribution in [3.05, 3.63) is 70.8 Å². The first-order valence-corrected chi connectivity index (χ1v) is 10.8. The fourth-order valence-electron chi connectivity index (χ4n) is 3.05. The lowest BCUT2D eigenvalue weighted by Gasteiger charge is -2.14. The molecule has 184 valence electrons. The van der Waals surface area contributed by atoms with E-state index in [0.717, 1.165) is 0 Å². The zero-order valence-corrected chi connectivity index (χ0v) is 19.1. The lowest BCUT2D eigenvalue weighted by Crippen LogP contribution is -2.41. The summed E-state index contributed by atoms with van der Waals surface area (Å²) in [6.07, 6.45) is 2.28. The molecule has 0 radical (unpaired) electrons. The highest BCUT2D eigenvalue weighted by atomic mass is 16.5. The highest BCUT2D eigenvalue weighted by molar-refractivity contribution is 5.99. The van der Waals surface area contributed by atoms with Crippen molar-refractivity contribution in [3.63, 3.8) is 0 Å². The van der Waals surface area contributed by atoms with Gasteiger partial charge in [-0.3, -0.25) is 15.0 Å². The van der Waals surface area contributed by atoms with Crippen LogP contribution in [0.15, 0.2) is 54.1 Å². The van der Waals surface area contributed by atoms with Crippen LogP contribution in [0.1, 0.15) is 54.1 Å². The summed E-state index contributed by atoms with van der Waals surface area (Å²) < 4.78 is 5.30. The van der Waals surface area contributed by atoms with Gasteiger partial charge in [0.1, 0.15) is 17.6 Å². The van der Waals surface area contributed by atoms with Gasteiger partial charge >= 0.3 is 17.9 Å². The first-order valence-electron chi connectivity index (χ1n) is 10.8. The van der Waals surface area contributed by atoms with Gasteiger partial charge in [0.25, 0.3) is 0 Å². The third-order valence-electron chi connectivity index (χ3n) is 5.00. The predicted molar refractivity (Wildman–Crippen MR) is 128 cm³/mol. The van der Waals surface area contributed by atoms with Crippen LogP contribution in [0.5, 0.6) is 5.75 Å². The molecule has 35 heavy (non-hydrogen) atoms. The Kier molecular flexibility index (Phi) is 9.71. The van der Waals surface area contributed by atoms with Gasteiger partial charge in [0.2, 0.25) is 5.91 Å². The minimum Gasteiger partial charge on any atom is -0.481 e. The maximum absolute atomic E-state index is 12.4. The number of carbonyl (C=O) groups is 4. The third-order valence-corrected chi connectivity index (χ3v) is 5.00. The molecule has 0 fully saturated rings.